The third-order valence-electron chi connectivity index (χ3n) is 10.00. The monoisotopic (exact) mass is 604 g/mol. The van der Waals surface area contributed by atoms with Gasteiger partial charge in [0, 0.05) is 32.8 Å². The van der Waals surface area contributed by atoms with Gasteiger partial charge in [0.25, 0.3) is 0 Å². The third kappa shape index (κ3) is 6.47. The molecule has 2 aliphatic heterocycles. The molecule has 2 aliphatic rings. The van der Waals surface area contributed by atoms with Gasteiger partial charge in [0.05, 0.1) is 5.60 Å². The summed E-state index contributed by atoms with van der Waals surface area (Å²) < 4.78 is 20.2. The lowest BCUT2D eigenvalue weighted by atomic mass is 9.66. The van der Waals surface area contributed by atoms with E-state index in [9.17, 15) is 9.18 Å². The topological polar surface area (TPSA) is 32.8 Å². The minimum absolute atomic E-state index is 0.148. The van der Waals surface area contributed by atoms with Gasteiger partial charge in [-0.15, -0.1) is 0 Å². The molecule has 2 heterocycles. The van der Waals surface area contributed by atoms with Crippen molar-refractivity contribution in [3.05, 3.63) is 143 Å². The van der Waals surface area contributed by atoms with Crippen molar-refractivity contribution >= 4 is 5.91 Å². The van der Waals surface area contributed by atoms with Crippen molar-refractivity contribution in [1.29, 1.82) is 0 Å². The van der Waals surface area contributed by atoms with E-state index in [1.54, 1.807) is 12.1 Å². The lowest BCUT2D eigenvalue weighted by Crippen LogP contribution is -2.45. The summed E-state index contributed by atoms with van der Waals surface area (Å²) in [5.41, 5.74) is 3.32. The van der Waals surface area contributed by atoms with Crippen LogP contribution < -0.4 is 0 Å². The predicted molar refractivity (Wildman–Crippen MR) is 178 cm³/mol. The van der Waals surface area contributed by atoms with Gasteiger partial charge in [0.15, 0.2) is 0 Å². The summed E-state index contributed by atoms with van der Waals surface area (Å²) in [4.78, 5) is 19.3. The Balaban J connectivity index is 1.20. The molecule has 0 radical (unpaired) electrons. The van der Waals surface area contributed by atoms with Crippen LogP contribution in [0.1, 0.15) is 61.3 Å². The lowest BCUT2D eigenvalue weighted by Gasteiger charge is -2.42. The predicted octanol–water partition coefficient (Wildman–Crippen LogP) is 7.97. The normalized spacial score (nSPS) is 19.6. The summed E-state index contributed by atoms with van der Waals surface area (Å²) in [5, 5.41) is 0. The maximum absolute atomic E-state index is 14.7. The van der Waals surface area contributed by atoms with E-state index in [0.717, 1.165) is 80.5 Å². The van der Waals surface area contributed by atoms with Crippen LogP contribution in [0.15, 0.2) is 115 Å². The number of nitrogens with zero attached hydrogens (tertiary/aromatic N) is 2. The molecule has 4 aromatic carbocycles. The van der Waals surface area contributed by atoms with Gasteiger partial charge in [-0.2, -0.15) is 0 Å². The highest BCUT2D eigenvalue weighted by Gasteiger charge is 2.55. The van der Waals surface area contributed by atoms with Gasteiger partial charge >= 0.3 is 0 Å². The SMILES string of the molecule is CCCOC1(c2ccc(F)cc2)CCN(CCCC2CN(Cc3ccccc3)C(=O)C2(c2ccccc2)c2ccccc2)CC1. The molecule has 2 saturated heterocycles. The Bertz CT molecular complexity index is 1460. The first-order valence-corrected chi connectivity index (χ1v) is 16.6. The molecule has 0 saturated carbocycles. The van der Waals surface area contributed by atoms with Crippen molar-refractivity contribution < 1.29 is 13.9 Å². The number of likely N-dealkylation sites (tertiary alicyclic amines) is 2. The average Bonchev–Trinajstić information content (AvgIpc) is 3.36. The van der Waals surface area contributed by atoms with Crippen molar-refractivity contribution in [3.8, 4) is 0 Å². The lowest BCUT2D eigenvalue weighted by molar-refractivity contribution is -0.132. The number of ether oxygens (including phenoxy) is 1. The first-order valence-electron chi connectivity index (χ1n) is 16.6. The minimum Gasteiger partial charge on any atom is -0.370 e. The number of hydrogen-bond acceptors (Lipinski definition) is 3. The molecule has 4 aromatic rings. The zero-order valence-corrected chi connectivity index (χ0v) is 26.4. The summed E-state index contributed by atoms with van der Waals surface area (Å²) in [5.74, 6) is 0.134. The second-order valence-corrected chi connectivity index (χ2v) is 12.7. The molecule has 1 atom stereocenters. The molecule has 0 bridgehead atoms. The number of benzene rings is 4. The first kappa shape index (κ1) is 31.2. The summed E-state index contributed by atoms with van der Waals surface area (Å²) in [6.45, 7) is 7.04. The molecule has 6 rings (SSSR count). The van der Waals surface area contributed by atoms with E-state index in [1.807, 2.05) is 42.5 Å². The van der Waals surface area contributed by atoms with E-state index in [0.29, 0.717) is 13.2 Å². The van der Waals surface area contributed by atoms with Gasteiger partial charge in [0.2, 0.25) is 5.91 Å². The zero-order chi connectivity index (χ0) is 31.1. The molecule has 4 nitrogen and oxygen atoms in total. The Hall–Kier alpha value is -3.80. The van der Waals surface area contributed by atoms with Crippen LogP contribution in [0.2, 0.25) is 0 Å². The molecule has 0 spiro atoms. The number of hydrogen-bond donors (Lipinski definition) is 0. The van der Waals surface area contributed by atoms with Crippen LogP contribution in [0.3, 0.4) is 0 Å². The molecular weight excluding hydrogens is 559 g/mol. The van der Waals surface area contributed by atoms with Crippen LogP contribution in [-0.2, 0) is 27.1 Å². The van der Waals surface area contributed by atoms with Gasteiger partial charge in [-0.25, -0.2) is 4.39 Å². The third-order valence-corrected chi connectivity index (χ3v) is 10.00. The minimum atomic E-state index is -0.717. The molecule has 5 heteroatoms. The summed E-state index contributed by atoms with van der Waals surface area (Å²) in [6.07, 6.45) is 4.70. The summed E-state index contributed by atoms with van der Waals surface area (Å²) in [7, 11) is 0. The molecule has 45 heavy (non-hydrogen) atoms. The van der Waals surface area contributed by atoms with Crippen LogP contribution in [0, 0.1) is 11.7 Å². The van der Waals surface area contributed by atoms with Crippen molar-refractivity contribution in [1.82, 2.24) is 9.80 Å². The van der Waals surface area contributed by atoms with E-state index < -0.39 is 5.41 Å². The Morgan fingerprint density at radius 3 is 1.93 bits per heavy atom. The molecular formula is C40H45FN2O2. The fraction of sp³-hybridized carbons (Fsp3) is 0.375. The molecule has 1 unspecified atom stereocenters. The maximum atomic E-state index is 14.7. The van der Waals surface area contributed by atoms with Crippen LogP contribution in [0.4, 0.5) is 4.39 Å². The van der Waals surface area contributed by atoms with Gasteiger partial charge in [-0.1, -0.05) is 110 Å². The Morgan fingerprint density at radius 2 is 1.36 bits per heavy atom. The second-order valence-electron chi connectivity index (χ2n) is 12.7. The van der Waals surface area contributed by atoms with Crippen molar-refractivity contribution in [2.45, 2.75) is 56.6 Å². The van der Waals surface area contributed by atoms with E-state index >= 15 is 0 Å². The second kappa shape index (κ2) is 14.1. The smallest absolute Gasteiger partial charge is 0.238 e. The summed E-state index contributed by atoms with van der Waals surface area (Å²) >= 11 is 0. The Kier molecular flexibility index (Phi) is 9.77. The highest BCUT2D eigenvalue weighted by atomic mass is 19.1. The molecule has 0 N–H and O–H groups in total. The van der Waals surface area contributed by atoms with Gasteiger partial charge < -0.3 is 14.5 Å². The van der Waals surface area contributed by atoms with E-state index in [2.05, 4.69) is 77.4 Å². The first-order chi connectivity index (χ1) is 22.0. The van der Waals surface area contributed by atoms with Crippen LogP contribution in [0.5, 0.6) is 0 Å². The van der Waals surface area contributed by atoms with Gasteiger partial charge in [0.1, 0.15) is 11.2 Å². The van der Waals surface area contributed by atoms with E-state index in [1.165, 1.54) is 0 Å². The zero-order valence-electron chi connectivity index (χ0n) is 26.4. The Morgan fingerprint density at radius 1 is 0.778 bits per heavy atom. The number of piperidine rings is 1. The highest BCUT2D eigenvalue weighted by molar-refractivity contribution is 5.94. The van der Waals surface area contributed by atoms with Crippen LogP contribution in [-0.4, -0.2) is 48.5 Å². The number of carbonyl (C=O) groups excluding carboxylic acids is 1. The van der Waals surface area contributed by atoms with Crippen molar-refractivity contribution in [3.63, 3.8) is 0 Å². The summed E-state index contributed by atoms with van der Waals surface area (Å²) in [6, 6.07) is 38.1. The van der Waals surface area contributed by atoms with Crippen molar-refractivity contribution in [2.24, 2.45) is 5.92 Å². The number of carbonyl (C=O) groups is 1. The average molecular weight is 605 g/mol. The van der Waals surface area contributed by atoms with E-state index in [-0.39, 0.29) is 23.2 Å². The fourth-order valence-electron chi connectivity index (χ4n) is 7.71. The number of amides is 1. The van der Waals surface area contributed by atoms with Gasteiger partial charge in [-0.05, 0) is 79.0 Å². The molecule has 234 valence electrons. The quantitative estimate of drug-likeness (QED) is 0.164. The number of rotatable bonds is 12. The Labute approximate surface area is 267 Å². The molecule has 0 aromatic heterocycles. The van der Waals surface area contributed by atoms with Crippen LogP contribution >= 0.6 is 0 Å². The molecule has 2 fully saturated rings. The van der Waals surface area contributed by atoms with Crippen molar-refractivity contribution in [2.75, 3.05) is 32.8 Å². The standard InChI is InChI=1S/C40H45FN2O2/c1-2-29-45-39(33-20-22-37(41)23-21-33)24-27-42(28-25-39)26-12-19-36-31-43(30-32-13-6-3-7-14-32)38(44)40(36,34-15-8-4-9-16-34)35-17-10-5-11-18-35/h3-11,13-18,20-23,36H,2,12,19,24-31H2,1H3. The fourth-order valence-corrected chi connectivity index (χ4v) is 7.71. The largest absolute Gasteiger partial charge is 0.370 e. The molecule has 0 aliphatic carbocycles. The van der Waals surface area contributed by atoms with Crippen LogP contribution in [0.25, 0.3) is 0 Å². The maximum Gasteiger partial charge on any atom is 0.238 e. The van der Waals surface area contributed by atoms with E-state index in [4.69, 9.17) is 4.74 Å². The number of halogens is 1. The highest BCUT2D eigenvalue weighted by Crippen LogP contribution is 2.48. The molecule has 1 amide bonds. The van der Waals surface area contributed by atoms with Gasteiger partial charge in [-0.3, -0.25) is 4.79 Å².